The van der Waals surface area contributed by atoms with Crippen LogP contribution in [0.4, 0.5) is 10.1 Å². The fourth-order valence-corrected chi connectivity index (χ4v) is 1.75. The van der Waals surface area contributed by atoms with Crippen LogP contribution in [0.3, 0.4) is 0 Å². The molecule has 1 aromatic carbocycles. The smallest absolute Gasteiger partial charge is 0.319 e. The molecule has 0 spiro atoms. The van der Waals surface area contributed by atoms with E-state index in [-0.39, 0.29) is 25.0 Å². The first kappa shape index (κ1) is 17.1. The molecule has 21 heavy (non-hydrogen) atoms. The van der Waals surface area contributed by atoms with E-state index in [1.165, 1.54) is 19.2 Å². The second-order valence-electron chi connectivity index (χ2n) is 5.08. The van der Waals surface area contributed by atoms with Gasteiger partial charge in [-0.25, -0.2) is 4.39 Å². The highest BCUT2D eigenvalue weighted by Gasteiger charge is 2.18. The standard InChI is InChI=1S/C15H21FN2O3/c1-10(2)18(9-15(20)21-4)8-14(19)17-13-7-12(16)6-5-11(13)3/h5-7,10H,8-9H2,1-4H3,(H,17,19). The van der Waals surface area contributed by atoms with Crippen molar-refractivity contribution in [3.05, 3.63) is 29.6 Å². The van der Waals surface area contributed by atoms with Crippen LogP contribution >= 0.6 is 0 Å². The topological polar surface area (TPSA) is 58.6 Å². The Hall–Kier alpha value is -1.95. The first-order chi connectivity index (χ1) is 9.83. The molecular formula is C15H21FN2O3. The van der Waals surface area contributed by atoms with Crippen molar-refractivity contribution in [2.75, 3.05) is 25.5 Å². The van der Waals surface area contributed by atoms with Crippen molar-refractivity contribution in [1.82, 2.24) is 4.90 Å². The number of carbonyl (C=O) groups is 2. The summed E-state index contributed by atoms with van der Waals surface area (Å²) < 4.78 is 17.8. The van der Waals surface area contributed by atoms with Crippen molar-refractivity contribution in [2.45, 2.75) is 26.8 Å². The Morgan fingerprint density at radius 3 is 2.57 bits per heavy atom. The van der Waals surface area contributed by atoms with Gasteiger partial charge in [0.05, 0.1) is 20.2 Å². The number of halogens is 1. The maximum Gasteiger partial charge on any atom is 0.319 e. The van der Waals surface area contributed by atoms with Crippen LogP contribution in [0.1, 0.15) is 19.4 Å². The maximum absolute atomic E-state index is 13.2. The summed E-state index contributed by atoms with van der Waals surface area (Å²) in [6, 6.07) is 4.21. The first-order valence-electron chi connectivity index (χ1n) is 6.70. The lowest BCUT2D eigenvalue weighted by Gasteiger charge is -2.24. The summed E-state index contributed by atoms with van der Waals surface area (Å²) in [7, 11) is 1.30. The Morgan fingerprint density at radius 2 is 2.00 bits per heavy atom. The van der Waals surface area contributed by atoms with Crippen molar-refractivity contribution >= 4 is 17.6 Å². The van der Waals surface area contributed by atoms with E-state index in [1.807, 2.05) is 13.8 Å². The Labute approximate surface area is 124 Å². The third-order valence-electron chi connectivity index (χ3n) is 3.11. The number of benzene rings is 1. The van der Waals surface area contributed by atoms with Crippen molar-refractivity contribution < 1.29 is 18.7 Å². The van der Waals surface area contributed by atoms with E-state index in [2.05, 4.69) is 10.1 Å². The number of nitrogens with one attached hydrogen (secondary N) is 1. The largest absolute Gasteiger partial charge is 0.468 e. The molecule has 0 saturated carbocycles. The molecule has 1 rings (SSSR count). The van der Waals surface area contributed by atoms with Crippen LogP contribution < -0.4 is 5.32 Å². The third-order valence-corrected chi connectivity index (χ3v) is 3.11. The van der Waals surface area contributed by atoms with Gasteiger partial charge in [-0.05, 0) is 38.5 Å². The molecule has 0 aliphatic carbocycles. The van der Waals surface area contributed by atoms with Gasteiger partial charge in [0.15, 0.2) is 0 Å². The number of amides is 1. The van der Waals surface area contributed by atoms with Crippen molar-refractivity contribution in [3.8, 4) is 0 Å². The number of ether oxygens (including phenoxy) is 1. The highest BCUT2D eigenvalue weighted by molar-refractivity contribution is 5.93. The Morgan fingerprint density at radius 1 is 1.33 bits per heavy atom. The van der Waals surface area contributed by atoms with E-state index >= 15 is 0 Å². The highest BCUT2D eigenvalue weighted by atomic mass is 19.1. The fraction of sp³-hybridized carbons (Fsp3) is 0.467. The lowest BCUT2D eigenvalue weighted by molar-refractivity contribution is -0.142. The lowest BCUT2D eigenvalue weighted by Crippen LogP contribution is -2.41. The molecule has 0 fully saturated rings. The number of hydrogen-bond donors (Lipinski definition) is 1. The second-order valence-corrected chi connectivity index (χ2v) is 5.08. The van der Waals surface area contributed by atoms with E-state index in [4.69, 9.17) is 0 Å². The minimum absolute atomic E-state index is 0.00320. The number of rotatable bonds is 6. The fourth-order valence-electron chi connectivity index (χ4n) is 1.75. The van der Waals surface area contributed by atoms with Crippen LogP contribution in [0, 0.1) is 12.7 Å². The number of aryl methyl sites for hydroxylation is 1. The summed E-state index contributed by atoms with van der Waals surface area (Å²) in [5.41, 5.74) is 1.20. The highest BCUT2D eigenvalue weighted by Crippen LogP contribution is 2.16. The predicted octanol–water partition coefficient (Wildman–Crippen LogP) is 1.96. The van der Waals surface area contributed by atoms with Crippen molar-refractivity contribution in [1.29, 1.82) is 0 Å². The van der Waals surface area contributed by atoms with Gasteiger partial charge in [0, 0.05) is 11.7 Å². The van der Waals surface area contributed by atoms with Gasteiger partial charge in [0.1, 0.15) is 5.82 Å². The Bertz CT molecular complexity index is 518. The summed E-state index contributed by atoms with van der Waals surface area (Å²) in [4.78, 5) is 25.0. The monoisotopic (exact) mass is 296 g/mol. The quantitative estimate of drug-likeness (QED) is 0.815. The average Bonchev–Trinajstić information content (AvgIpc) is 2.41. The molecular weight excluding hydrogens is 275 g/mol. The molecule has 0 atom stereocenters. The predicted molar refractivity (Wildman–Crippen MR) is 78.5 cm³/mol. The molecule has 0 aliphatic rings. The number of hydrogen-bond acceptors (Lipinski definition) is 4. The number of carbonyl (C=O) groups excluding carboxylic acids is 2. The Balaban J connectivity index is 2.69. The zero-order chi connectivity index (χ0) is 16.0. The minimum Gasteiger partial charge on any atom is -0.468 e. The van der Waals surface area contributed by atoms with Crippen LogP contribution in [0.25, 0.3) is 0 Å². The molecule has 1 N–H and O–H groups in total. The van der Waals surface area contributed by atoms with Crippen molar-refractivity contribution in [3.63, 3.8) is 0 Å². The molecule has 1 aromatic rings. The summed E-state index contributed by atoms with van der Waals surface area (Å²) in [6.07, 6.45) is 0. The van der Waals surface area contributed by atoms with Gasteiger partial charge in [0.2, 0.25) is 5.91 Å². The SMILES string of the molecule is COC(=O)CN(CC(=O)Nc1cc(F)ccc1C)C(C)C. The minimum atomic E-state index is -0.411. The third kappa shape index (κ3) is 5.51. The molecule has 1 amide bonds. The van der Waals surface area contributed by atoms with Crippen LogP contribution in [0.2, 0.25) is 0 Å². The molecule has 0 bridgehead atoms. The average molecular weight is 296 g/mol. The summed E-state index contributed by atoms with van der Waals surface area (Å²) in [6.45, 7) is 5.60. The van der Waals surface area contributed by atoms with Crippen LogP contribution in [-0.2, 0) is 14.3 Å². The lowest BCUT2D eigenvalue weighted by atomic mass is 10.2. The molecule has 116 valence electrons. The van der Waals surface area contributed by atoms with E-state index < -0.39 is 11.8 Å². The molecule has 0 heterocycles. The van der Waals surface area contributed by atoms with Gasteiger partial charge >= 0.3 is 5.97 Å². The number of nitrogens with zero attached hydrogens (tertiary/aromatic N) is 1. The molecule has 0 unspecified atom stereocenters. The van der Waals surface area contributed by atoms with Crippen LogP contribution in [0.15, 0.2) is 18.2 Å². The molecule has 0 aromatic heterocycles. The number of methoxy groups -OCH3 is 1. The van der Waals surface area contributed by atoms with Gasteiger partial charge in [-0.2, -0.15) is 0 Å². The maximum atomic E-state index is 13.2. The zero-order valence-corrected chi connectivity index (χ0v) is 12.8. The molecule has 0 radical (unpaired) electrons. The van der Waals surface area contributed by atoms with Crippen LogP contribution in [0.5, 0.6) is 0 Å². The summed E-state index contributed by atoms with van der Waals surface area (Å²) in [5, 5.41) is 2.65. The van der Waals surface area contributed by atoms with E-state index in [0.29, 0.717) is 5.69 Å². The Kier molecular flexibility index (Phi) is 6.30. The second kappa shape index (κ2) is 7.73. The molecule has 0 saturated heterocycles. The van der Waals surface area contributed by atoms with Crippen molar-refractivity contribution in [2.24, 2.45) is 0 Å². The first-order valence-corrected chi connectivity index (χ1v) is 6.70. The number of esters is 1. The van der Waals surface area contributed by atoms with E-state index in [0.717, 1.165) is 5.56 Å². The normalized spacial score (nSPS) is 10.8. The van der Waals surface area contributed by atoms with E-state index in [9.17, 15) is 14.0 Å². The number of anilines is 1. The molecule has 5 nitrogen and oxygen atoms in total. The van der Waals surface area contributed by atoms with Gasteiger partial charge in [-0.15, -0.1) is 0 Å². The molecule has 0 aliphatic heterocycles. The van der Waals surface area contributed by atoms with Gasteiger partial charge in [-0.3, -0.25) is 14.5 Å². The van der Waals surface area contributed by atoms with Gasteiger partial charge in [-0.1, -0.05) is 6.07 Å². The zero-order valence-electron chi connectivity index (χ0n) is 12.8. The van der Waals surface area contributed by atoms with Gasteiger partial charge < -0.3 is 10.1 Å². The summed E-state index contributed by atoms with van der Waals surface area (Å²) >= 11 is 0. The van der Waals surface area contributed by atoms with Gasteiger partial charge in [0.25, 0.3) is 0 Å². The summed E-state index contributed by atoms with van der Waals surface area (Å²) in [5.74, 6) is -1.12. The molecule has 6 heteroatoms. The van der Waals surface area contributed by atoms with E-state index in [1.54, 1.807) is 17.9 Å². The van der Waals surface area contributed by atoms with Crippen LogP contribution in [-0.4, -0.2) is 43.0 Å².